The zero-order chi connectivity index (χ0) is 14.4. The zero-order valence-electron chi connectivity index (χ0n) is 12.3. The Kier molecular flexibility index (Phi) is 5.83. The summed E-state index contributed by atoms with van der Waals surface area (Å²) in [6, 6.07) is 8.75. The minimum atomic E-state index is 0.110. The predicted octanol–water partition coefficient (Wildman–Crippen LogP) is 2.07. The van der Waals surface area contributed by atoms with Crippen LogP contribution < -0.4 is 10.6 Å². The van der Waals surface area contributed by atoms with E-state index in [0.29, 0.717) is 12.7 Å². The molecule has 1 aliphatic heterocycles. The minimum Gasteiger partial charge on any atom is -0.394 e. The number of piperidine rings is 1. The molecule has 3 N–H and O–H groups in total. The average Bonchev–Trinajstić information content (AvgIpc) is 2.53. The monoisotopic (exact) mass is 278 g/mol. The van der Waals surface area contributed by atoms with E-state index in [1.807, 2.05) is 0 Å². The second-order valence-electron chi connectivity index (χ2n) is 5.39. The van der Waals surface area contributed by atoms with Gasteiger partial charge in [0.1, 0.15) is 0 Å². The Morgan fingerprint density at radius 2 is 1.95 bits per heavy atom. The molecule has 0 spiro atoms. The van der Waals surface area contributed by atoms with Crippen molar-refractivity contribution in [2.24, 2.45) is 5.73 Å². The summed E-state index contributed by atoms with van der Waals surface area (Å²) in [5.41, 5.74) is 8.50. The SMILES string of the molecule is CC[C@H](N)c1ccc(N2CCC(OCCO)CC2)cc1. The van der Waals surface area contributed by atoms with Gasteiger partial charge in [-0.2, -0.15) is 0 Å². The van der Waals surface area contributed by atoms with E-state index in [-0.39, 0.29) is 12.6 Å². The summed E-state index contributed by atoms with van der Waals surface area (Å²) in [6.07, 6.45) is 3.31. The smallest absolute Gasteiger partial charge is 0.0701 e. The van der Waals surface area contributed by atoms with Gasteiger partial charge in [0, 0.05) is 24.8 Å². The van der Waals surface area contributed by atoms with E-state index in [1.165, 1.54) is 11.3 Å². The Labute approximate surface area is 121 Å². The Balaban J connectivity index is 1.87. The molecular formula is C16H26N2O2. The number of rotatable bonds is 6. The van der Waals surface area contributed by atoms with E-state index in [2.05, 4.69) is 36.1 Å². The van der Waals surface area contributed by atoms with Gasteiger partial charge in [-0.25, -0.2) is 0 Å². The van der Waals surface area contributed by atoms with Crippen molar-refractivity contribution in [2.75, 3.05) is 31.2 Å². The number of nitrogens with two attached hydrogens (primary N) is 1. The van der Waals surface area contributed by atoms with Crippen LogP contribution in [0.3, 0.4) is 0 Å². The molecule has 20 heavy (non-hydrogen) atoms. The highest BCUT2D eigenvalue weighted by atomic mass is 16.5. The van der Waals surface area contributed by atoms with Gasteiger partial charge in [0.05, 0.1) is 19.3 Å². The third-order valence-electron chi connectivity index (χ3n) is 4.01. The van der Waals surface area contributed by atoms with Gasteiger partial charge in [0.25, 0.3) is 0 Å². The van der Waals surface area contributed by atoms with Gasteiger partial charge in [-0.1, -0.05) is 19.1 Å². The van der Waals surface area contributed by atoms with Crippen LogP contribution in [-0.2, 0) is 4.74 Å². The molecule has 0 unspecified atom stereocenters. The maximum Gasteiger partial charge on any atom is 0.0701 e. The van der Waals surface area contributed by atoms with E-state index < -0.39 is 0 Å². The van der Waals surface area contributed by atoms with Gasteiger partial charge in [-0.3, -0.25) is 0 Å². The summed E-state index contributed by atoms with van der Waals surface area (Å²) in [5.74, 6) is 0. The molecule has 112 valence electrons. The molecule has 1 fully saturated rings. The summed E-state index contributed by atoms with van der Waals surface area (Å²) in [6.45, 7) is 4.69. The number of aliphatic hydroxyl groups is 1. The molecule has 1 saturated heterocycles. The normalized spacial score (nSPS) is 18.2. The molecule has 4 heteroatoms. The van der Waals surface area contributed by atoms with E-state index in [1.54, 1.807) is 0 Å². The van der Waals surface area contributed by atoms with Crippen molar-refractivity contribution in [3.63, 3.8) is 0 Å². The number of hydrogen-bond acceptors (Lipinski definition) is 4. The van der Waals surface area contributed by atoms with Crippen molar-refractivity contribution >= 4 is 5.69 Å². The first-order valence-corrected chi connectivity index (χ1v) is 7.57. The number of nitrogens with zero attached hydrogens (tertiary/aromatic N) is 1. The number of aliphatic hydroxyl groups excluding tert-OH is 1. The quantitative estimate of drug-likeness (QED) is 0.836. The summed E-state index contributed by atoms with van der Waals surface area (Å²) >= 11 is 0. The fourth-order valence-corrected chi connectivity index (χ4v) is 2.67. The van der Waals surface area contributed by atoms with Crippen LogP contribution in [0.4, 0.5) is 5.69 Å². The molecule has 4 nitrogen and oxygen atoms in total. The minimum absolute atomic E-state index is 0.110. The predicted molar refractivity (Wildman–Crippen MR) is 81.9 cm³/mol. The van der Waals surface area contributed by atoms with Crippen LogP contribution in [0.5, 0.6) is 0 Å². The van der Waals surface area contributed by atoms with E-state index >= 15 is 0 Å². The fourth-order valence-electron chi connectivity index (χ4n) is 2.67. The number of ether oxygens (including phenoxy) is 1. The molecule has 1 heterocycles. The van der Waals surface area contributed by atoms with Crippen LogP contribution in [0, 0.1) is 0 Å². The Morgan fingerprint density at radius 1 is 1.30 bits per heavy atom. The van der Waals surface area contributed by atoms with Crippen molar-refractivity contribution in [1.29, 1.82) is 0 Å². The molecule has 0 amide bonds. The van der Waals surface area contributed by atoms with Gasteiger partial charge in [0.15, 0.2) is 0 Å². The van der Waals surface area contributed by atoms with E-state index in [9.17, 15) is 0 Å². The molecule has 1 aromatic rings. The van der Waals surface area contributed by atoms with E-state index in [4.69, 9.17) is 15.6 Å². The number of hydrogen-bond donors (Lipinski definition) is 2. The second kappa shape index (κ2) is 7.62. The van der Waals surface area contributed by atoms with Gasteiger partial charge in [0.2, 0.25) is 0 Å². The number of benzene rings is 1. The number of anilines is 1. The van der Waals surface area contributed by atoms with Crippen molar-refractivity contribution < 1.29 is 9.84 Å². The van der Waals surface area contributed by atoms with E-state index in [0.717, 1.165) is 32.4 Å². The molecule has 1 aliphatic rings. The Hall–Kier alpha value is -1.10. The maximum absolute atomic E-state index is 8.77. The molecule has 2 rings (SSSR count). The van der Waals surface area contributed by atoms with Gasteiger partial charge < -0.3 is 20.5 Å². The lowest BCUT2D eigenvalue weighted by atomic mass is 10.0. The van der Waals surface area contributed by atoms with Crippen molar-refractivity contribution in [1.82, 2.24) is 0 Å². The van der Waals surface area contributed by atoms with Crippen molar-refractivity contribution in [3.8, 4) is 0 Å². The summed E-state index contributed by atoms with van der Waals surface area (Å²) in [7, 11) is 0. The van der Waals surface area contributed by atoms with Crippen LogP contribution >= 0.6 is 0 Å². The lowest BCUT2D eigenvalue weighted by Gasteiger charge is -2.33. The van der Waals surface area contributed by atoms with Crippen LogP contribution in [-0.4, -0.2) is 37.5 Å². The molecule has 0 aliphatic carbocycles. The highest BCUT2D eigenvalue weighted by Gasteiger charge is 2.19. The van der Waals surface area contributed by atoms with Crippen molar-refractivity contribution in [3.05, 3.63) is 29.8 Å². The highest BCUT2D eigenvalue weighted by molar-refractivity contribution is 5.48. The van der Waals surface area contributed by atoms with Crippen LogP contribution in [0.25, 0.3) is 0 Å². The highest BCUT2D eigenvalue weighted by Crippen LogP contribution is 2.23. The third-order valence-corrected chi connectivity index (χ3v) is 4.01. The maximum atomic E-state index is 8.77. The van der Waals surface area contributed by atoms with Crippen LogP contribution in [0.2, 0.25) is 0 Å². The first-order chi connectivity index (χ1) is 9.74. The average molecular weight is 278 g/mol. The van der Waals surface area contributed by atoms with Crippen molar-refractivity contribution in [2.45, 2.75) is 38.3 Å². The third kappa shape index (κ3) is 3.95. The molecule has 0 aromatic heterocycles. The summed E-state index contributed by atoms with van der Waals surface area (Å²) in [5, 5.41) is 8.77. The first kappa shape index (κ1) is 15.3. The lowest BCUT2D eigenvalue weighted by Crippen LogP contribution is -2.37. The standard InChI is InChI=1S/C16H26N2O2/c1-2-16(17)13-3-5-14(6-4-13)18-9-7-15(8-10-18)20-12-11-19/h3-6,15-16,19H,2,7-12,17H2,1H3/t16-/m0/s1. The van der Waals surface area contributed by atoms with Crippen LogP contribution in [0.15, 0.2) is 24.3 Å². The Morgan fingerprint density at radius 3 is 2.50 bits per heavy atom. The van der Waals surface area contributed by atoms with Crippen LogP contribution in [0.1, 0.15) is 37.8 Å². The molecule has 1 aromatic carbocycles. The van der Waals surface area contributed by atoms with Gasteiger partial charge in [-0.05, 0) is 37.0 Å². The summed E-state index contributed by atoms with van der Waals surface area (Å²) < 4.78 is 5.59. The van der Waals surface area contributed by atoms with Gasteiger partial charge >= 0.3 is 0 Å². The summed E-state index contributed by atoms with van der Waals surface area (Å²) in [4.78, 5) is 2.39. The topological polar surface area (TPSA) is 58.7 Å². The second-order valence-corrected chi connectivity index (χ2v) is 5.39. The molecule has 0 radical (unpaired) electrons. The molecule has 0 saturated carbocycles. The first-order valence-electron chi connectivity index (χ1n) is 7.57. The largest absolute Gasteiger partial charge is 0.394 e. The Bertz CT molecular complexity index is 386. The molecule has 1 atom stereocenters. The lowest BCUT2D eigenvalue weighted by molar-refractivity contribution is 0.0159. The van der Waals surface area contributed by atoms with Gasteiger partial charge in [-0.15, -0.1) is 0 Å². The fraction of sp³-hybridized carbons (Fsp3) is 0.625. The zero-order valence-corrected chi connectivity index (χ0v) is 12.3. The molecule has 0 bridgehead atoms. The molecular weight excluding hydrogens is 252 g/mol.